The number of phenolic OH excluding ortho intramolecular Hbond substituents is 1. The fourth-order valence-electron chi connectivity index (χ4n) is 1.78. The zero-order chi connectivity index (χ0) is 14.9. The fraction of sp³-hybridized carbons (Fsp3) is 0.133. The van der Waals surface area contributed by atoms with Crippen LogP contribution < -0.4 is 5.32 Å². The maximum absolute atomic E-state index is 12.2. The lowest BCUT2D eigenvalue weighted by atomic mass is 10.1. The molecule has 0 saturated carbocycles. The van der Waals surface area contributed by atoms with Crippen LogP contribution in [-0.4, -0.2) is 11.0 Å². The number of amides is 1. The molecule has 0 saturated heterocycles. The van der Waals surface area contributed by atoms with Gasteiger partial charge in [0.2, 0.25) is 0 Å². The number of carbonyl (C=O) groups is 1. The van der Waals surface area contributed by atoms with Gasteiger partial charge in [0.1, 0.15) is 5.75 Å². The lowest BCUT2D eigenvalue weighted by molar-refractivity contribution is 0.102. The Morgan fingerprint density at radius 1 is 1.15 bits per heavy atom. The topological polar surface area (TPSA) is 49.3 Å². The Bertz CT molecular complexity index is 684. The van der Waals surface area contributed by atoms with Crippen molar-refractivity contribution >= 4 is 34.8 Å². The van der Waals surface area contributed by atoms with Crippen LogP contribution in [0.15, 0.2) is 30.3 Å². The number of nitrogens with one attached hydrogen (secondary N) is 1. The van der Waals surface area contributed by atoms with E-state index in [1.54, 1.807) is 24.3 Å². The minimum Gasteiger partial charge on any atom is -0.507 e. The molecule has 2 rings (SSSR count). The largest absolute Gasteiger partial charge is 0.507 e. The molecule has 2 N–H and O–H groups in total. The van der Waals surface area contributed by atoms with Gasteiger partial charge in [-0.05, 0) is 37.6 Å². The first-order valence-corrected chi connectivity index (χ1v) is 6.71. The first-order valence-electron chi connectivity index (χ1n) is 5.95. The molecular weight excluding hydrogens is 297 g/mol. The summed E-state index contributed by atoms with van der Waals surface area (Å²) in [4.78, 5) is 12.2. The van der Waals surface area contributed by atoms with E-state index in [2.05, 4.69) is 5.32 Å². The quantitative estimate of drug-likeness (QED) is 0.853. The van der Waals surface area contributed by atoms with Gasteiger partial charge in [-0.1, -0.05) is 40.9 Å². The third kappa shape index (κ3) is 2.89. The molecule has 0 aliphatic rings. The Balaban J connectivity index is 2.38. The van der Waals surface area contributed by atoms with Crippen LogP contribution in [0.1, 0.15) is 21.5 Å². The number of hydrogen-bond acceptors (Lipinski definition) is 2. The van der Waals surface area contributed by atoms with E-state index in [0.717, 1.165) is 11.1 Å². The van der Waals surface area contributed by atoms with Gasteiger partial charge in [-0.2, -0.15) is 0 Å². The molecule has 0 unspecified atom stereocenters. The molecule has 0 fully saturated rings. The van der Waals surface area contributed by atoms with Crippen molar-refractivity contribution in [3.8, 4) is 5.75 Å². The van der Waals surface area contributed by atoms with Crippen molar-refractivity contribution in [2.45, 2.75) is 13.8 Å². The number of rotatable bonds is 2. The monoisotopic (exact) mass is 309 g/mol. The molecule has 104 valence electrons. The van der Waals surface area contributed by atoms with E-state index in [9.17, 15) is 9.90 Å². The number of aromatic hydroxyl groups is 1. The van der Waals surface area contributed by atoms with E-state index in [0.29, 0.717) is 15.7 Å². The molecule has 0 radical (unpaired) electrons. The van der Waals surface area contributed by atoms with Gasteiger partial charge in [0, 0.05) is 0 Å². The normalized spacial score (nSPS) is 10.4. The van der Waals surface area contributed by atoms with Crippen LogP contribution in [0.2, 0.25) is 10.0 Å². The van der Waals surface area contributed by atoms with Crippen molar-refractivity contribution in [3.05, 3.63) is 57.1 Å². The summed E-state index contributed by atoms with van der Waals surface area (Å²) in [6.07, 6.45) is 0. The summed E-state index contributed by atoms with van der Waals surface area (Å²) in [5.74, 6) is -0.548. The average Bonchev–Trinajstić information content (AvgIpc) is 2.41. The number of aryl methyl sites for hydroxylation is 2. The summed E-state index contributed by atoms with van der Waals surface area (Å²) in [6.45, 7) is 3.65. The molecule has 0 aliphatic carbocycles. The average molecular weight is 310 g/mol. The number of anilines is 1. The van der Waals surface area contributed by atoms with Crippen molar-refractivity contribution in [3.63, 3.8) is 0 Å². The smallest absolute Gasteiger partial charge is 0.259 e. The highest BCUT2D eigenvalue weighted by molar-refractivity contribution is 6.40. The van der Waals surface area contributed by atoms with Gasteiger partial charge in [0.15, 0.2) is 0 Å². The second kappa shape index (κ2) is 5.73. The number of halogens is 2. The van der Waals surface area contributed by atoms with Crippen LogP contribution in [0.25, 0.3) is 0 Å². The van der Waals surface area contributed by atoms with Crippen LogP contribution in [0.4, 0.5) is 5.69 Å². The Morgan fingerprint density at radius 2 is 1.85 bits per heavy atom. The lowest BCUT2D eigenvalue weighted by Crippen LogP contribution is -2.13. The van der Waals surface area contributed by atoms with Crippen LogP contribution in [0, 0.1) is 13.8 Å². The van der Waals surface area contributed by atoms with Crippen molar-refractivity contribution < 1.29 is 9.90 Å². The Kier molecular flexibility index (Phi) is 4.21. The van der Waals surface area contributed by atoms with E-state index in [-0.39, 0.29) is 11.3 Å². The zero-order valence-corrected chi connectivity index (χ0v) is 12.5. The molecule has 0 aliphatic heterocycles. The van der Waals surface area contributed by atoms with E-state index in [4.69, 9.17) is 23.2 Å². The van der Waals surface area contributed by atoms with Crippen LogP contribution >= 0.6 is 23.2 Å². The fourth-order valence-corrected chi connectivity index (χ4v) is 2.25. The van der Waals surface area contributed by atoms with Gasteiger partial charge in [0.25, 0.3) is 5.91 Å². The predicted molar refractivity (Wildman–Crippen MR) is 82.0 cm³/mol. The van der Waals surface area contributed by atoms with Gasteiger partial charge in [-0.15, -0.1) is 0 Å². The second-order valence-corrected chi connectivity index (χ2v) is 5.31. The van der Waals surface area contributed by atoms with E-state index < -0.39 is 5.91 Å². The standard InChI is InChI=1S/C15H13Cl2NO2/c1-8-3-6-12(19)10(7-8)15(20)18-14-11(16)5-4-9(2)13(14)17/h3-7,19H,1-2H3,(H,18,20). The van der Waals surface area contributed by atoms with E-state index in [1.165, 1.54) is 6.07 Å². The molecule has 0 atom stereocenters. The van der Waals surface area contributed by atoms with Gasteiger partial charge in [-0.25, -0.2) is 0 Å². The number of benzene rings is 2. The molecule has 0 bridgehead atoms. The van der Waals surface area contributed by atoms with Crippen molar-refractivity contribution in [1.82, 2.24) is 0 Å². The first-order chi connectivity index (χ1) is 9.40. The molecule has 0 spiro atoms. The lowest BCUT2D eigenvalue weighted by Gasteiger charge is -2.12. The minimum absolute atomic E-state index is 0.0898. The van der Waals surface area contributed by atoms with Crippen molar-refractivity contribution in [2.24, 2.45) is 0 Å². The molecule has 2 aromatic carbocycles. The SMILES string of the molecule is Cc1ccc(O)c(C(=O)Nc2c(Cl)ccc(C)c2Cl)c1. The van der Waals surface area contributed by atoms with Crippen LogP contribution in [0.5, 0.6) is 5.75 Å². The highest BCUT2D eigenvalue weighted by Gasteiger charge is 2.16. The highest BCUT2D eigenvalue weighted by atomic mass is 35.5. The van der Waals surface area contributed by atoms with Crippen LogP contribution in [0.3, 0.4) is 0 Å². The molecule has 0 heterocycles. The summed E-state index contributed by atoms with van der Waals surface area (Å²) in [5.41, 5.74) is 2.20. The van der Waals surface area contributed by atoms with Gasteiger partial charge in [-0.3, -0.25) is 4.79 Å². The highest BCUT2D eigenvalue weighted by Crippen LogP contribution is 2.33. The van der Waals surface area contributed by atoms with Gasteiger partial charge >= 0.3 is 0 Å². The number of phenols is 1. The molecule has 5 heteroatoms. The minimum atomic E-state index is -0.458. The Labute approximate surface area is 127 Å². The summed E-state index contributed by atoms with van der Waals surface area (Å²) in [7, 11) is 0. The predicted octanol–water partition coefficient (Wildman–Crippen LogP) is 4.57. The molecule has 20 heavy (non-hydrogen) atoms. The molecule has 2 aromatic rings. The summed E-state index contributed by atoms with van der Waals surface area (Å²) < 4.78 is 0. The summed E-state index contributed by atoms with van der Waals surface area (Å²) in [6, 6.07) is 8.23. The maximum atomic E-state index is 12.2. The van der Waals surface area contributed by atoms with Crippen LogP contribution in [-0.2, 0) is 0 Å². The first kappa shape index (κ1) is 14.7. The van der Waals surface area contributed by atoms with Gasteiger partial charge < -0.3 is 10.4 Å². The number of carbonyl (C=O) groups excluding carboxylic acids is 1. The molecule has 1 amide bonds. The molecular formula is C15H13Cl2NO2. The van der Waals surface area contributed by atoms with Crippen molar-refractivity contribution in [1.29, 1.82) is 0 Å². The summed E-state index contributed by atoms with van der Waals surface area (Å²) >= 11 is 12.2. The van der Waals surface area contributed by atoms with Crippen molar-refractivity contribution in [2.75, 3.05) is 5.32 Å². The molecule has 3 nitrogen and oxygen atoms in total. The summed E-state index contributed by atoms with van der Waals surface area (Å²) in [5, 5.41) is 13.1. The van der Waals surface area contributed by atoms with E-state index in [1.807, 2.05) is 13.8 Å². The van der Waals surface area contributed by atoms with E-state index >= 15 is 0 Å². The number of hydrogen-bond donors (Lipinski definition) is 2. The second-order valence-electron chi connectivity index (χ2n) is 4.53. The Hall–Kier alpha value is -1.71. The van der Waals surface area contributed by atoms with Gasteiger partial charge in [0.05, 0.1) is 21.3 Å². The third-order valence-electron chi connectivity index (χ3n) is 2.92. The molecule has 0 aromatic heterocycles. The third-order valence-corrected chi connectivity index (χ3v) is 3.72. The zero-order valence-electron chi connectivity index (χ0n) is 11.0. The Morgan fingerprint density at radius 3 is 2.55 bits per heavy atom. The maximum Gasteiger partial charge on any atom is 0.259 e.